The Morgan fingerprint density at radius 2 is 1.87 bits per heavy atom. The molecule has 1 fully saturated rings. The molecule has 1 aliphatic rings. The Balaban J connectivity index is 2.31. The van der Waals surface area contributed by atoms with Gasteiger partial charge in [0.05, 0.1) is 31.4 Å². The predicted molar refractivity (Wildman–Crippen MR) is 53.8 cm³/mol. The maximum absolute atomic E-state index is 8.68. The van der Waals surface area contributed by atoms with Gasteiger partial charge in [-0.15, -0.1) is 0 Å². The molecule has 0 saturated carbocycles. The minimum Gasteiger partial charge on any atom is -0.342 e. The highest BCUT2D eigenvalue weighted by Gasteiger charge is 2.36. The highest BCUT2D eigenvalue weighted by atomic mass is 16.7. The molecule has 1 heterocycles. The molecule has 1 aromatic rings. The maximum atomic E-state index is 8.68. The molecule has 0 aromatic heterocycles. The van der Waals surface area contributed by atoms with Crippen molar-refractivity contribution in [3.8, 4) is 6.07 Å². The van der Waals surface area contributed by atoms with Gasteiger partial charge in [0, 0.05) is 5.56 Å². The van der Waals surface area contributed by atoms with E-state index in [-0.39, 0.29) is 6.54 Å². The Labute approximate surface area is 88.2 Å². The molecule has 4 nitrogen and oxygen atoms in total. The fraction of sp³-hybridized carbons (Fsp3) is 0.364. The number of nitriles is 1. The number of benzene rings is 1. The summed E-state index contributed by atoms with van der Waals surface area (Å²) >= 11 is 0. The van der Waals surface area contributed by atoms with Gasteiger partial charge in [-0.3, -0.25) is 0 Å². The first-order valence-corrected chi connectivity index (χ1v) is 4.79. The summed E-state index contributed by atoms with van der Waals surface area (Å²) in [6.07, 6.45) is 0. The van der Waals surface area contributed by atoms with E-state index in [2.05, 4.69) is 6.07 Å². The number of nitrogens with zero attached hydrogens (tertiary/aromatic N) is 1. The molecule has 0 bridgehead atoms. The molecule has 1 aliphatic heterocycles. The van der Waals surface area contributed by atoms with E-state index in [9.17, 15) is 0 Å². The fourth-order valence-corrected chi connectivity index (χ4v) is 1.66. The van der Waals surface area contributed by atoms with Gasteiger partial charge < -0.3 is 15.2 Å². The lowest BCUT2D eigenvalue weighted by molar-refractivity contribution is -0.156. The van der Waals surface area contributed by atoms with E-state index in [1.54, 1.807) is 12.1 Å². The number of ether oxygens (including phenoxy) is 2. The highest BCUT2D eigenvalue weighted by Crippen LogP contribution is 2.30. The van der Waals surface area contributed by atoms with Crippen LogP contribution in [0.4, 0.5) is 0 Å². The van der Waals surface area contributed by atoms with Crippen molar-refractivity contribution in [1.29, 1.82) is 5.26 Å². The normalized spacial score (nSPS) is 18.7. The highest BCUT2D eigenvalue weighted by molar-refractivity contribution is 5.33. The minimum atomic E-state index is -0.812. The van der Waals surface area contributed by atoms with Gasteiger partial charge in [0.2, 0.25) is 5.79 Å². The average molecular weight is 204 g/mol. The smallest absolute Gasteiger partial charge is 0.207 e. The van der Waals surface area contributed by atoms with Gasteiger partial charge in [-0.2, -0.15) is 5.26 Å². The molecular formula is C11H12N2O2. The maximum Gasteiger partial charge on any atom is 0.207 e. The molecule has 15 heavy (non-hydrogen) atoms. The molecule has 0 unspecified atom stereocenters. The van der Waals surface area contributed by atoms with Crippen LogP contribution in [0, 0.1) is 11.3 Å². The summed E-state index contributed by atoms with van der Waals surface area (Å²) in [6.45, 7) is 1.38. The second-order valence-corrected chi connectivity index (χ2v) is 3.34. The molecule has 0 radical (unpaired) electrons. The number of nitrogens with two attached hydrogens (primary N) is 1. The van der Waals surface area contributed by atoms with E-state index in [4.69, 9.17) is 20.5 Å². The average Bonchev–Trinajstić information content (AvgIpc) is 2.79. The summed E-state index contributed by atoms with van der Waals surface area (Å²) in [7, 11) is 0. The van der Waals surface area contributed by atoms with Crippen molar-refractivity contribution in [1.82, 2.24) is 0 Å². The molecular weight excluding hydrogens is 192 g/mol. The zero-order valence-corrected chi connectivity index (χ0v) is 8.27. The van der Waals surface area contributed by atoms with E-state index >= 15 is 0 Å². The third-order valence-electron chi connectivity index (χ3n) is 2.48. The first kappa shape index (κ1) is 10.1. The van der Waals surface area contributed by atoms with Crippen molar-refractivity contribution in [3.63, 3.8) is 0 Å². The fourth-order valence-electron chi connectivity index (χ4n) is 1.66. The molecule has 1 saturated heterocycles. The Bertz CT molecular complexity index is 375. The van der Waals surface area contributed by atoms with Crippen LogP contribution in [0.25, 0.3) is 0 Å². The molecule has 0 spiro atoms. The summed E-state index contributed by atoms with van der Waals surface area (Å²) in [5.74, 6) is -0.812. The molecule has 1 aromatic carbocycles. The number of rotatable bonds is 2. The van der Waals surface area contributed by atoms with Crippen LogP contribution in [0.1, 0.15) is 11.1 Å². The van der Waals surface area contributed by atoms with Crippen LogP contribution < -0.4 is 5.73 Å². The van der Waals surface area contributed by atoms with E-state index in [1.165, 1.54) is 0 Å². The van der Waals surface area contributed by atoms with Gasteiger partial charge in [0.1, 0.15) is 0 Å². The summed E-state index contributed by atoms with van der Waals surface area (Å²) < 4.78 is 11.0. The Morgan fingerprint density at radius 3 is 2.33 bits per heavy atom. The number of hydrogen-bond acceptors (Lipinski definition) is 4. The third kappa shape index (κ3) is 1.73. The summed E-state index contributed by atoms with van der Waals surface area (Å²) in [4.78, 5) is 0. The van der Waals surface area contributed by atoms with Crippen LogP contribution >= 0.6 is 0 Å². The molecule has 0 amide bonds. The second-order valence-electron chi connectivity index (χ2n) is 3.34. The Morgan fingerprint density at radius 1 is 1.27 bits per heavy atom. The van der Waals surface area contributed by atoms with Crippen LogP contribution in [-0.2, 0) is 15.3 Å². The van der Waals surface area contributed by atoms with Crippen molar-refractivity contribution < 1.29 is 9.47 Å². The lowest BCUT2D eigenvalue weighted by atomic mass is 10.0. The van der Waals surface area contributed by atoms with Gasteiger partial charge in [-0.25, -0.2) is 0 Å². The summed E-state index contributed by atoms with van der Waals surface area (Å²) in [6, 6.07) is 9.16. The Kier molecular flexibility index (Phi) is 2.69. The largest absolute Gasteiger partial charge is 0.342 e. The molecule has 78 valence electrons. The molecule has 0 atom stereocenters. The van der Waals surface area contributed by atoms with Crippen molar-refractivity contribution in [2.45, 2.75) is 5.79 Å². The van der Waals surface area contributed by atoms with Gasteiger partial charge in [0.25, 0.3) is 0 Å². The lowest BCUT2D eigenvalue weighted by Crippen LogP contribution is -2.36. The monoisotopic (exact) mass is 204 g/mol. The second kappa shape index (κ2) is 3.99. The van der Waals surface area contributed by atoms with E-state index in [0.29, 0.717) is 18.8 Å². The van der Waals surface area contributed by atoms with Gasteiger partial charge in [-0.05, 0) is 12.1 Å². The SMILES string of the molecule is N#Cc1ccc(C2(CN)OCCO2)cc1. The van der Waals surface area contributed by atoms with Crippen LogP contribution in [0.2, 0.25) is 0 Å². The topological polar surface area (TPSA) is 68.3 Å². The standard InChI is InChI=1S/C11H12N2O2/c12-7-9-1-3-10(4-2-9)11(8-13)14-5-6-15-11/h1-4H,5-6,8,13H2. The first-order chi connectivity index (χ1) is 7.30. The summed E-state index contributed by atoms with van der Waals surface area (Å²) in [5.41, 5.74) is 7.13. The van der Waals surface area contributed by atoms with E-state index in [0.717, 1.165) is 5.56 Å². The molecule has 2 N–H and O–H groups in total. The quantitative estimate of drug-likeness (QED) is 0.770. The molecule has 4 heteroatoms. The zero-order chi connectivity index (χ0) is 10.7. The minimum absolute atomic E-state index is 0.277. The van der Waals surface area contributed by atoms with Crippen LogP contribution in [-0.4, -0.2) is 19.8 Å². The predicted octanol–water partition coefficient (Wildman–Crippen LogP) is 0.717. The zero-order valence-electron chi connectivity index (χ0n) is 8.27. The van der Waals surface area contributed by atoms with Crippen molar-refractivity contribution in [2.24, 2.45) is 5.73 Å². The summed E-state index contributed by atoms with van der Waals surface area (Å²) in [5, 5.41) is 8.68. The Hall–Kier alpha value is -1.41. The first-order valence-electron chi connectivity index (χ1n) is 4.79. The molecule has 2 rings (SSSR count). The number of hydrogen-bond donors (Lipinski definition) is 1. The van der Waals surface area contributed by atoms with Crippen molar-refractivity contribution in [2.75, 3.05) is 19.8 Å². The van der Waals surface area contributed by atoms with Crippen molar-refractivity contribution in [3.05, 3.63) is 35.4 Å². The lowest BCUT2D eigenvalue weighted by Gasteiger charge is -2.25. The van der Waals surface area contributed by atoms with Gasteiger partial charge in [-0.1, -0.05) is 12.1 Å². The van der Waals surface area contributed by atoms with E-state index in [1.807, 2.05) is 12.1 Å². The van der Waals surface area contributed by atoms with E-state index < -0.39 is 5.79 Å². The third-order valence-corrected chi connectivity index (χ3v) is 2.48. The van der Waals surface area contributed by atoms with Crippen molar-refractivity contribution >= 4 is 0 Å². The van der Waals surface area contributed by atoms with Crippen LogP contribution in [0.3, 0.4) is 0 Å². The van der Waals surface area contributed by atoms with Crippen LogP contribution in [0.5, 0.6) is 0 Å². The van der Waals surface area contributed by atoms with Gasteiger partial charge >= 0.3 is 0 Å². The van der Waals surface area contributed by atoms with Crippen LogP contribution in [0.15, 0.2) is 24.3 Å². The molecule has 0 aliphatic carbocycles. The van der Waals surface area contributed by atoms with Gasteiger partial charge in [0.15, 0.2) is 0 Å².